The van der Waals surface area contributed by atoms with Crippen molar-refractivity contribution in [1.29, 1.82) is 0 Å². The molecule has 0 aliphatic carbocycles. The third kappa shape index (κ3) is 3.07. The summed E-state index contributed by atoms with van der Waals surface area (Å²) in [6, 6.07) is 0. The monoisotopic (exact) mass is 259 g/mol. The van der Waals surface area contributed by atoms with Crippen LogP contribution in [0.3, 0.4) is 0 Å². The molecule has 1 fully saturated rings. The molecule has 2 heterocycles. The highest BCUT2D eigenvalue weighted by molar-refractivity contribution is 7.92. The third-order valence-electron chi connectivity index (χ3n) is 2.96. The first-order chi connectivity index (χ1) is 7.97. The van der Waals surface area contributed by atoms with Gasteiger partial charge in [0.15, 0.2) is 15.7 Å². The Kier molecular flexibility index (Phi) is 3.53. The van der Waals surface area contributed by atoms with Crippen LogP contribution in [0, 0.1) is 0 Å². The smallest absolute Gasteiger partial charge is 0.195 e. The molecule has 2 atom stereocenters. The van der Waals surface area contributed by atoms with Crippen LogP contribution in [0.2, 0.25) is 0 Å². The summed E-state index contributed by atoms with van der Waals surface area (Å²) < 4.78 is 28.7. The Morgan fingerprint density at radius 2 is 2.41 bits per heavy atom. The van der Waals surface area contributed by atoms with Crippen molar-refractivity contribution in [2.45, 2.75) is 44.0 Å². The summed E-state index contributed by atoms with van der Waals surface area (Å²) in [5.74, 6) is 1.33. The fourth-order valence-electron chi connectivity index (χ4n) is 2.11. The Labute approximate surface area is 101 Å². The molecule has 6 heteroatoms. The number of hydrogen-bond donors (Lipinski definition) is 1. The minimum absolute atomic E-state index is 0.277. The van der Waals surface area contributed by atoms with Gasteiger partial charge in [0.2, 0.25) is 0 Å². The lowest BCUT2D eigenvalue weighted by molar-refractivity contribution is 0.186. The molecule has 0 amide bonds. The van der Waals surface area contributed by atoms with E-state index < -0.39 is 15.9 Å². The van der Waals surface area contributed by atoms with Crippen LogP contribution in [0.25, 0.3) is 0 Å². The average molecular weight is 259 g/mol. The van der Waals surface area contributed by atoms with Gasteiger partial charge in [-0.25, -0.2) is 13.4 Å². The molecule has 17 heavy (non-hydrogen) atoms. The quantitative estimate of drug-likeness (QED) is 0.861. The largest absolute Gasteiger partial charge is 0.446 e. The lowest BCUT2D eigenvalue weighted by atomic mass is 10.2. The summed E-state index contributed by atoms with van der Waals surface area (Å²) in [6.07, 6.45) is 3.26. The highest BCUT2D eigenvalue weighted by Gasteiger charge is 2.32. The van der Waals surface area contributed by atoms with Crippen molar-refractivity contribution in [2.24, 2.45) is 0 Å². The third-order valence-corrected chi connectivity index (χ3v) is 5.24. The van der Waals surface area contributed by atoms with Crippen LogP contribution in [-0.4, -0.2) is 35.6 Å². The van der Waals surface area contributed by atoms with E-state index in [2.05, 4.69) is 4.98 Å². The molecule has 96 valence electrons. The van der Waals surface area contributed by atoms with E-state index >= 15 is 0 Å². The minimum atomic E-state index is -2.95. The number of rotatable bonds is 4. The summed E-state index contributed by atoms with van der Waals surface area (Å²) in [6.45, 7) is 1.67. The SMILES string of the molecule is CC(O)Cc1cnc(CC2CCCS2(=O)=O)o1. The molecular weight excluding hydrogens is 242 g/mol. The number of aromatic nitrogens is 1. The molecule has 2 unspecified atom stereocenters. The summed E-state index contributed by atoms with van der Waals surface area (Å²) in [7, 11) is -2.95. The lowest BCUT2D eigenvalue weighted by Crippen LogP contribution is -2.18. The standard InChI is InChI=1S/C11H17NO4S/c1-8(13)5-9-7-12-11(16-9)6-10-3-2-4-17(10,14)15/h7-8,10,13H,2-6H2,1H3. The molecule has 1 aromatic rings. The summed E-state index contributed by atoms with van der Waals surface area (Å²) >= 11 is 0. The second-order valence-electron chi connectivity index (χ2n) is 4.61. The Morgan fingerprint density at radius 1 is 1.65 bits per heavy atom. The maximum absolute atomic E-state index is 11.6. The van der Waals surface area contributed by atoms with E-state index in [9.17, 15) is 13.5 Å². The zero-order valence-electron chi connectivity index (χ0n) is 9.80. The van der Waals surface area contributed by atoms with Crippen molar-refractivity contribution in [3.05, 3.63) is 17.8 Å². The van der Waals surface area contributed by atoms with Gasteiger partial charge in [-0.3, -0.25) is 0 Å². The molecule has 1 saturated heterocycles. The summed E-state index contributed by atoms with van der Waals surface area (Å²) in [5, 5.41) is 8.85. The highest BCUT2D eigenvalue weighted by atomic mass is 32.2. The van der Waals surface area contributed by atoms with Gasteiger partial charge in [-0.15, -0.1) is 0 Å². The van der Waals surface area contributed by atoms with E-state index in [0.717, 1.165) is 6.42 Å². The Bertz CT molecular complexity index is 477. The van der Waals surface area contributed by atoms with Crippen LogP contribution >= 0.6 is 0 Å². The second-order valence-corrected chi connectivity index (χ2v) is 7.01. The molecule has 0 radical (unpaired) electrons. The fourth-order valence-corrected chi connectivity index (χ4v) is 3.93. The highest BCUT2D eigenvalue weighted by Crippen LogP contribution is 2.23. The van der Waals surface area contributed by atoms with Crippen LogP contribution in [0.5, 0.6) is 0 Å². The molecule has 0 saturated carbocycles. The first-order valence-electron chi connectivity index (χ1n) is 5.80. The first kappa shape index (κ1) is 12.6. The van der Waals surface area contributed by atoms with Gasteiger partial charge in [0.25, 0.3) is 0 Å². The molecule has 1 aliphatic heterocycles. The molecule has 0 bridgehead atoms. The molecule has 5 nitrogen and oxygen atoms in total. The average Bonchev–Trinajstić information content (AvgIpc) is 2.75. The fraction of sp³-hybridized carbons (Fsp3) is 0.727. The maximum atomic E-state index is 11.6. The van der Waals surface area contributed by atoms with E-state index in [0.29, 0.717) is 30.9 Å². The molecule has 1 aromatic heterocycles. The van der Waals surface area contributed by atoms with E-state index in [1.807, 2.05) is 0 Å². The Morgan fingerprint density at radius 3 is 3.00 bits per heavy atom. The van der Waals surface area contributed by atoms with E-state index in [4.69, 9.17) is 4.42 Å². The van der Waals surface area contributed by atoms with Crippen LogP contribution < -0.4 is 0 Å². The number of hydrogen-bond acceptors (Lipinski definition) is 5. The second kappa shape index (κ2) is 4.78. The molecule has 0 aromatic carbocycles. The summed E-state index contributed by atoms with van der Waals surface area (Å²) in [4.78, 5) is 4.06. The van der Waals surface area contributed by atoms with Gasteiger partial charge in [0.1, 0.15) is 5.76 Å². The predicted octanol–water partition coefficient (Wildman–Crippen LogP) is 0.718. The van der Waals surface area contributed by atoms with Crippen LogP contribution in [0.4, 0.5) is 0 Å². The van der Waals surface area contributed by atoms with Crippen LogP contribution in [-0.2, 0) is 22.7 Å². The van der Waals surface area contributed by atoms with Crippen molar-refractivity contribution in [3.63, 3.8) is 0 Å². The topological polar surface area (TPSA) is 80.4 Å². The zero-order valence-corrected chi connectivity index (χ0v) is 10.6. The van der Waals surface area contributed by atoms with E-state index in [1.54, 1.807) is 13.1 Å². The normalized spacial score (nSPS) is 24.9. The zero-order chi connectivity index (χ0) is 12.5. The van der Waals surface area contributed by atoms with Crippen molar-refractivity contribution in [3.8, 4) is 0 Å². The Balaban J connectivity index is 2.02. The maximum Gasteiger partial charge on any atom is 0.195 e. The van der Waals surface area contributed by atoms with Crippen molar-refractivity contribution in [1.82, 2.24) is 4.98 Å². The number of oxazole rings is 1. The molecular formula is C11H17NO4S. The van der Waals surface area contributed by atoms with Crippen molar-refractivity contribution < 1.29 is 17.9 Å². The number of sulfone groups is 1. The van der Waals surface area contributed by atoms with Crippen LogP contribution in [0.15, 0.2) is 10.6 Å². The predicted molar refractivity (Wildman–Crippen MR) is 62.4 cm³/mol. The summed E-state index contributed by atoms with van der Waals surface area (Å²) in [5.41, 5.74) is 0. The molecule has 0 spiro atoms. The minimum Gasteiger partial charge on any atom is -0.446 e. The van der Waals surface area contributed by atoms with E-state index in [1.165, 1.54) is 0 Å². The Hall–Kier alpha value is -0.880. The van der Waals surface area contributed by atoms with Gasteiger partial charge in [-0.1, -0.05) is 0 Å². The molecule has 2 rings (SSSR count). The van der Waals surface area contributed by atoms with Gasteiger partial charge < -0.3 is 9.52 Å². The van der Waals surface area contributed by atoms with Gasteiger partial charge in [0.05, 0.1) is 23.3 Å². The van der Waals surface area contributed by atoms with Crippen LogP contribution in [0.1, 0.15) is 31.4 Å². The number of aliphatic hydroxyl groups excluding tert-OH is 1. The lowest BCUT2D eigenvalue weighted by Gasteiger charge is -2.05. The van der Waals surface area contributed by atoms with Gasteiger partial charge >= 0.3 is 0 Å². The molecule has 1 aliphatic rings. The van der Waals surface area contributed by atoms with Crippen molar-refractivity contribution >= 4 is 9.84 Å². The molecule has 1 N–H and O–H groups in total. The number of nitrogens with zero attached hydrogens (tertiary/aromatic N) is 1. The van der Waals surface area contributed by atoms with Gasteiger partial charge in [-0.05, 0) is 19.8 Å². The van der Waals surface area contributed by atoms with Gasteiger partial charge in [0, 0.05) is 12.8 Å². The van der Waals surface area contributed by atoms with Crippen molar-refractivity contribution in [2.75, 3.05) is 5.75 Å². The van der Waals surface area contributed by atoms with E-state index in [-0.39, 0.29) is 11.0 Å². The first-order valence-corrected chi connectivity index (χ1v) is 7.52. The van der Waals surface area contributed by atoms with Gasteiger partial charge in [-0.2, -0.15) is 0 Å². The number of aliphatic hydroxyl groups is 1.